The number of halogens is 7. The van der Waals surface area contributed by atoms with Crippen LogP contribution in [0.3, 0.4) is 0 Å². The molecule has 0 amide bonds. The van der Waals surface area contributed by atoms with Gasteiger partial charge in [0.25, 0.3) is 6.43 Å². The third-order valence-corrected chi connectivity index (χ3v) is 1.81. The summed E-state index contributed by atoms with van der Waals surface area (Å²) in [6.07, 6.45) is -10.4. The predicted molar refractivity (Wildman–Crippen MR) is 41.7 cm³/mol. The van der Waals surface area contributed by atoms with Crippen molar-refractivity contribution in [3.05, 3.63) is 12.7 Å². The molecule has 2 atom stereocenters. The van der Waals surface area contributed by atoms with Crippen molar-refractivity contribution in [1.82, 2.24) is 0 Å². The summed E-state index contributed by atoms with van der Waals surface area (Å²) in [5.74, 6) is -7.48. The van der Waals surface area contributed by atoms with E-state index < -0.39 is 30.1 Å². The Hall–Kier alpha value is -1.28. The average molecular weight is 268 g/mol. The zero-order chi connectivity index (χ0) is 14.1. The number of hydrogen-bond donors (Lipinski definition) is 0. The average Bonchev–Trinajstić information content (AvgIpc) is 2.15. The zero-order valence-corrected chi connectivity index (χ0v) is 8.32. The van der Waals surface area contributed by atoms with E-state index >= 15 is 0 Å². The van der Waals surface area contributed by atoms with Crippen molar-refractivity contribution in [3.63, 3.8) is 0 Å². The third-order valence-electron chi connectivity index (χ3n) is 1.81. The maximum absolute atomic E-state index is 13.3. The maximum Gasteiger partial charge on any atom is 0.464 e. The molecule has 2 unspecified atom stereocenters. The normalized spacial score (nSPS) is 19.4. The summed E-state index contributed by atoms with van der Waals surface area (Å²) in [5, 5.41) is 0. The van der Waals surface area contributed by atoms with Crippen molar-refractivity contribution < 1.29 is 40.3 Å². The SMILES string of the molecule is C=CC(=O)OC(F)(C(F)(F)F)C(C)(F)C(F)F. The lowest BCUT2D eigenvalue weighted by molar-refractivity contribution is -0.372. The van der Waals surface area contributed by atoms with Crippen LogP contribution in [-0.2, 0) is 9.53 Å². The first-order chi connectivity index (χ1) is 7.40. The van der Waals surface area contributed by atoms with E-state index in [-0.39, 0.29) is 13.0 Å². The Morgan fingerprint density at radius 2 is 1.65 bits per heavy atom. The van der Waals surface area contributed by atoms with Gasteiger partial charge in [0, 0.05) is 6.08 Å². The second-order valence-corrected chi connectivity index (χ2v) is 3.09. The van der Waals surface area contributed by atoms with Gasteiger partial charge in [0.15, 0.2) is 0 Å². The van der Waals surface area contributed by atoms with Gasteiger partial charge in [-0.1, -0.05) is 6.58 Å². The highest BCUT2D eigenvalue weighted by atomic mass is 19.4. The number of rotatable bonds is 4. The van der Waals surface area contributed by atoms with E-state index in [9.17, 15) is 35.5 Å². The summed E-state index contributed by atoms with van der Waals surface area (Å²) in [5.41, 5.74) is -4.75. The predicted octanol–water partition coefficient (Wildman–Crippen LogP) is 2.94. The van der Waals surface area contributed by atoms with Crippen LogP contribution in [-0.4, -0.2) is 30.1 Å². The molecular formula is C8H7F7O2. The van der Waals surface area contributed by atoms with Gasteiger partial charge in [-0.3, -0.25) is 0 Å². The van der Waals surface area contributed by atoms with Crippen LogP contribution < -0.4 is 0 Å². The molecule has 17 heavy (non-hydrogen) atoms. The van der Waals surface area contributed by atoms with Gasteiger partial charge in [0.1, 0.15) is 0 Å². The molecule has 0 bridgehead atoms. The second kappa shape index (κ2) is 4.53. The fourth-order valence-corrected chi connectivity index (χ4v) is 0.755. The van der Waals surface area contributed by atoms with Gasteiger partial charge in [-0.15, -0.1) is 0 Å². The minimum absolute atomic E-state index is 0.0849. The zero-order valence-electron chi connectivity index (χ0n) is 8.32. The number of carbonyl (C=O) groups is 1. The smallest absolute Gasteiger partial charge is 0.413 e. The first-order valence-electron chi connectivity index (χ1n) is 3.98. The number of esters is 1. The highest BCUT2D eigenvalue weighted by Gasteiger charge is 2.74. The minimum atomic E-state index is -6.16. The molecule has 0 aromatic rings. The number of hydrogen-bond acceptors (Lipinski definition) is 2. The van der Waals surface area contributed by atoms with Crippen molar-refractivity contribution in [2.75, 3.05) is 0 Å². The first-order valence-corrected chi connectivity index (χ1v) is 3.98. The van der Waals surface area contributed by atoms with Gasteiger partial charge in [-0.25, -0.2) is 18.0 Å². The van der Waals surface area contributed by atoms with E-state index in [0.717, 1.165) is 0 Å². The van der Waals surface area contributed by atoms with Crippen LogP contribution in [0.1, 0.15) is 6.92 Å². The molecule has 0 aliphatic rings. The van der Waals surface area contributed by atoms with Gasteiger partial charge in [0.2, 0.25) is 5.67 Å². The molecule has 0 aliphatic carbocycles. The summed E-state index contributed by atoms with van der Waals surface area (Å²) in [6.45, 7) is 2.28. The van der Waals surface area contributed by atoms with Gasteiger partial charge in [-0.2, -0.15) is 17.6 Å². The molecule has 9 heteroatoms. The molecule has 2 nitrogen and oxygen atoms in total. The Morgan fingerprint density at radius 1 is 1.24 bits per heavy atom. The largest absolute Gasteiger partial charge is 0.464 e. The van der Waals surface area contributed by atoms with Gasteiger partial charge < -0.3 is 4.74 Å². The molecule has 0 radical (unpaired) electrons. The van der Waals surface area contributed by atoms with Crippen molar-refractivity contribution >= 4 is 5.97 Å². The molecule has 0 fully saturated rings. The monoisotopic (exact) mass is 268 g/mol. The van der Waals surface area contributed by atoms with Crippen LogP contribution in [0.4, 0.5) is 30.7 Å². The number of carbonyl (C=O) groups excluding carboxylic acids is 1. The first kappa shape index (κ1) is 15.7. The number of ether oxygens (including phenoxy) is 1. The summed E-state index contributed by atoms with van der Waals surface area (Å²) in [6, 6.07) is 0. The number of alkyl halides is 7. The van der Waals surface area contributed by atoms with Crippen molar-refractivity contribution in [3.8, 4) is 0 Å². The van der Waals surface area contributed by atoms with Crippen LogP contribution in [0.25, 0.3) is 0 Å². The molecule has 0 saturated heterocycles. The Bertz CT molecular complexity index is 309. The lowest BCUT2D eigenvalue weighted by atomic mass is 9.98. The molecular weight excluding hydrogens is 261 g/mol. The Balaban J connectivity index is 5.56. The Labute approximate surface area is 91.0 Å². The molecule has 100 valence electrons. The van der Waals surface area contributed by atoms with E-state index in [2.05, 4.69) is 11.3 Å². The Kier molecular flexibility index (Phi) is 4.19. The lowest BCUT2D eigenvalue weighted by Gasteiger charge is -2.35. The molecule has 0 rings (SSSR count). The maximum atomic E-state index is 13.3. The highest BCUT2D eigenvalue weighted by Crippen LogP contribution is 2.47. The quantitative estimate of drug-likeness (QED) is 0.445. The minimum Gasteiger partial charge on any atom is -0.413 e. The van der Waals surface area contributed by atoms with E-state index in [0.29, 0.717) is 0 Å². The van der Waals surface area contributed by atoms with Crippen LogP contribution >= 0.6 is 0 Å². The summed E-state index contributed by atoms with van der Waals surface area (Å²) in [4.78, 5) is 10.5. The van der Waals surface area contributed by atoms with Crippen LogP contribution in [0, 0.1) is 0 Å². The molecule has 0 spiro atoms. The van der Waals surface area contributed by atoms with Crippen molar-refractivity contribution in [2.24, 2.45) is 0 Å². The van der Waals surface area contributed by atoms with E-state index in [1.54, 1.807) is 0 Å². The lowest BCUT2D eigenvalue weighted by Crippen LogP contribution is -2.61. The topological polar surface area (TPSA) is 26.3 Å². The second-order valence-electron chi connectivity index (χ2n) is 3.09. The molecule has 0 heterocycles. The van der Waals surface area contributed by atoms with E-state index in [4.69, 9.17) is 0 Å². The van der Waals surface area contributed by atoms with Gasteiger partial charge in [-0.05, 0) is 6.92 Å². The fourth-order valence-electron chi connectivity index (χ4n) is 0.755. The summed E-state index contributed by atoms with van der Waals surface area (Å²) < 4.78 is 90.2. The molecule has 0 saturated carbocycles. The van der Waals surface area contributed by atoms with Crippen molar-refractivity contribution in [1.29, 1.82) is 0 Å². The van der Waals surface area contributed by atoms with Crippen LogP contribution in [0.15, 0.2) is 12.7 Å². The molecule has 0 N–H and O–H groups in total. The fraction of sp³-hybridized carbons (Fsp3) is 0.625. The van der Waals surface area contributed by atoms with Gasteiger partial charge in [0.05, 0.1) is 0 Å². The highest BCUT2D eigenvalue weighted by molar-refractivity contribution is 5.81. The third kappa shape index (κ3) is 2.70. The van der Waals surface area contributed by atoms with E-state index in [1.165, 1.54) is 0 Å². The standard InChI is InChI=1S/C8H7F7O2/c1-3-4(16)17-7(12,8(13,14)15)6(2,11)5(9)10/h3,5H,1H2,2H3. The van der Waals surface area contributed by atoms with E-state index in [1.807, 2.05) is 0 Å². The summed E-state index contributed by atoms with van der Waals surface area (Å²) in [7, 11) is 0. The molecule has 0 aliphatic heterocycles. The van der Waals surface area contributed by atoms with Crippen molar-refractivity contribution in [2.45, 2.75) is 31.0 Å². The Morgan fingerprint density at radius 3 is 1.88 bits per heavy atom. The molecule has 0 aromatic carbocycles. The van der Waals surface area contributed by atoms with Crippen LogP contribution in [0.2, 0.25) is 0 Å². The summed E-state index contributed by atoms with van der Waals surface area (Å²) >= 11 is 0. The van der Waals surface area contributed by atoms with Crippen LogP contribution in [0.5, 0.6) is 0 Å². The van der Waals surface area contributed by atoms with Gasteiger partial charge >= 0.3 is 18.0 Å². The molecule has 0 aromatic heterocycles.